The molecule has 0 aromatic heterocycles. The molecule has 1 aliphatic heterocycles. The van der Waals surface area contributed by atoms with Crippen LogP contribution in [0.4, 0.5) is 0 Å². The van der Waals surface area contributed by atoms with E-state index in [4.69, 9.17) is 11.6 Å². The van der Waals surface area contributed by atoms with Crippen molar-refractivity contribution in [3.63, 3.8) is 0 Å². The molecule has 1 aliphatic carbocycles. The van der Waals surface area contributed by atoms with Crippen molar-refractivity contribution in [1.82, 2.24) is 4.90 Å². The summed E-state index contributed by atoms with van der Waals surface area (Å²) in [6.07, 6.45) is 5.18. The lowest BCUT2D eigenvalue weighted by Crippen LogP contribution is -2.47. The molecule has 2 aliphatic rings. The molecule has 0 N–H and O–H groups in total. The summed E-state index contributed by atoms with van der Waals surface area (Å²) in [5.74, 6) is -0.338. The monoisotopic (exact) mass is 313 g/mol. The van der Waals surface area contributed by atoms with E-state index in [-0.39, 0.29) is 17.9 Å². The Morgan fingerprint density at radius 2 is 1.59 bits per heavy atom. The molecule has 1 saturated carbocycles. The van der Waals surface area contributed by atoms with Gasteiger partial charge in [0.05, 0.1) is 0 Å². The molecule has 0 spiro atoms. The van der Waals surface area contributed by atoms with Crippen LogP contribution in [-0.4, -0.2) is 22.8 Å². The second kappa shape index (κ2) is 5.10. The van der Waals surface area contributed by atoms with Gasteiger partial charge < -0.3 is 0 Å². The van der Waals surface area contributed by atoms with Crippen molar-refractivity contribution in [2.45, 2.75) is 38.1 Å². The fourth-order valence-corrected chi connectivity index (χ4v) is 3.97. The van der Waals surface area contributed by atoms with Crippen LogP contribution >= 0.6 is 11.6 Å². The van der Waals surface area contributed by atoms with Crippen molar-refractivity contribution in [2.75, 3.05) is 0 Å². The van der Waals surface area contributed by atoms with Crippen LogP contribution in [-0.2, 0) is 0 Å². The standard InChI is InChI=1S/C18H16ClNO2/c19-15-10-9-14-16-12(15)7-4-8-13(16)17(21)20(18(14)22)11-5-2-1-3-6-11/h4,7-11H,1-3,5-6H2. The average Bonchev–Trinajstić information content (AvgIpc) is 2.55. The minimum absolute atomic E-state index is 0.0350. The zero-order chi connectivity index (χ0) is 15.3. The van der Waals surface area contributed by atoms with Crippen LogP contribution in [0, 0.1) is 0 Å². The molecule has 4 rings (SSSR count). The molecule has 0 atom stereocenters. The minimum Gasteiger partial charge on any atom is -0.271 e. The van der Waals surface area contributed by atoms with E-state index in [1.807, 2.05) is 12.1 Å². The van der Waals surface area contributed by atoms with Crippen LogP contribution in [0.25, 0.3) is 10.8 Å². The minimum atomic E-state index is -0.169. The smallest absolute Gasteiger partial charge is 0.261 e. The zero-order valence-corrected chi connectivity index (χ0v) is 12.9. The first-order valence-corrected chi connectivity index (χ1v) is 8.15. The number of benzene rings is 2. The molecule has 3 nitrogen and oxygen atoms in total. The van der Waals surface area contributed by atoms with Crippen LogP contribution < -0.4 is 0 Å². The molecule has 0 radical (unpaired) electrons. The molecule has 22 heavy (non-hydrogen) atoms. The molecule has 112 valence electrons. The van der Waals surface area contributed by atoms with Gasteiger partial charge in [0.2, 0.25) is 0 Å². The SMILES string of the molecule is O=C1c2cccc3c(Cl)ccc(c23)C(=O)N1C1CCCCC1. The Hall–Kier alpha value is -1.87. The molecule has 4 heteroatoms. The maximum Gasteiger partial charge on any atom is 0.261 e. The summed E-state index contributed by atoms with van der Waals surface area (Å²) in [4.78, 5) is 27.3. The highest BCUT2D eigenvalue weighted by Gasteiger charge is 2.37. The summed E-state index contributed by atoms with van der Waals surface area (Å²) in [5, 5.41) is 2.06. The first-order valence-electron chi connectivity index (χ1n) is 7.77. The molecule has 2 amide bonds. The van der Waals surface area contributed by atoms with Crippen LogP contribution in [0.1, 0.15) is 52.8 Å². The summed E-state index contributed by atoms with van der Waals surface area (Å²) in [6, 6.07) is 9.02. The topological polar surface area (TPSA) is 37.4 Å². The van der Waals surface area contributed by atoms with Crippen molar-refractivity contribution in [3.8, 4) is 0 Å². The molecule has 0 unspecified atom stereocenters. The number of carbonyl (C=O) groups is 2. The van der Waals surface area contributed by atoms with E-state index in [1.54, 1.807) is 18.2 Å². The zero-order valence-electron chi connectivity index (χ0n) is 12.1. The van der Waals surface area contributed by atoms with Crippen LogP contribution in [0.2, 0.25) is 5.02 Å². The number of rotatable bonds is 1. The molecule has 1 heterocycles. The lowest BCUT2D eigenvalue weighted by atomic mass is 9.89. The summed E-state index contributed by atoms with van der Waals surface area (Å²) in [6.45, 7) is 0. The van der Waals surface area contributed by atoms with Gasteiger partial charge in [-0.05, 0) is 31.0 Å². The second-order valence-corrected chi connectivity index (χ2v) is 6.50. The number of amides is 2. The number of imide groups is 1. The summed E-state index contributed by atoms with van der Waals surface area (Å²) in [7, 11) is 0. The number of hydrogen-bond acceptors (Lipinski definition) is 2. The largest absolute Gasteiger partial charge is 0.271 e. The second-order valence-electron chi connectivity index (χ2n) is 6.10. The third kappa shape index (κ3) is 1.88. The van der Waals surface area contributed by atoms with E-state index >= 15 is 0 Å². The van der Waals surface area contributed by atoms with E-state index in [0.717, 1.165) is 31.1 Å². The molecule has 0 bridgehead atoms. The van der Waals surface area contributed by atoms with Gasteiger partial charge in [0.1, 0.15) is 0 Å². The molecule has 0 saturated heterocycles. The van der Waals surface area contributed by atoms with Crippen molar-refractivity contribution in [2.24, 2.45) is 0 Å². The Labute approximate surface area is 133 Å². The van der Waals surface area contributed by atoms with Crippen LogP contribution in [0.5, 0.6) is 0 Å². The maximum absolute atomic E-state index is 12.9. The Balaban J connectivity index is 1.91. The predicted molar refractivity (Wildman–Crippen MR) is 86.3 cm³/mol. The van der Waals surface area contributed by atoms with Gasteiger partial charge in [0.15, 0.2) is 0 Å². The van der Waals surface area contributed by atoms with Gasteiger partial charge in [0.25, 0.3) is 11.8 Å². The van der Waals surface area contributed by atoms with Crippen LogP contribution in [0.3, 0.4) is 0 Å². The summed E-state index contributed by atoms with van der Waals surface area (Å²) >= 11 is 6.23. The van der Waals surface area contributed by atoms with Gasteiger partial charge in [-0.2, -0.15) is 0 Å². The highest BCUT2D eigenvalue weighted by molar-refractivity contribution is 6.38. The molecule has 1 fully saturated rings. The van der Waals surface area contributed by atoms with E-state index < -0.39 is 0 Å². The fourth-order valence-electron chi connectivity index (χ4n) is 3.75. The predicted octanol–water partition coefficient (Wildman–Crippen LogP) is 4.42. The van der Waals surface area contributed by atoms with Crippen LogP contribution in [0.15, 0.2) is 30.3 Å². The Bertz CT molecular complexity index is 771. The highest BCUT2D eigenvalue weighted by atomic mass is 35.5. The van der Waals surface area contributed by atoms with Crippen molar-refractivity contribution < 1.29 is 9.59 Å². The maximum atomic E-state index is 12.9. The van der Waals surface area contributed by atoms with Gasteiger partial charge in [-0.15, -0.1) is 0 Å². The van der Waals surface area contributed by atoms with E-state index in [1.165, 1.54) is 11.3 Å². The lowest BCUT2D eigenvalue weighted by Gasteiger charge is -2.35. The van der Waals surface area contributed by atoms with Crippen molar-refractivity contribution in [1.29, 1.82) is 0 Å². The van der Waals surface area contributed by atoms with E-state index in [0.29, 0.717) is 21.5 Å². The fraction of sp³-hybridized carbons (Fsp3) is 0.333. The number of hydrogen-bond donors (Lipinski definition) is 0. The normalized spacial score (nSPS) is 19.0. The first-order chi connectivity index (χ1) is 10.7. The molecule has 2 aromatic rings. The van der Waals surface area contributed by atoms with Gasteiger partial charge in [-0.1, -0.05) is 43.0 Å². The number of carbonyl (C=O) groups excluding carboxylic acids is 2. The van der Waals surface area contributed by atoms with Gasteiger partial charge >= 0.3 is 0 Å². The van der Waals surface area contributed by atoms with Crippen molar-refractivity contribution >= 4 is 34.2 Å². The first kappa shape index (κ1) is 13.8. The number of halogens is 1. The number of nitrogens with zero attached hydrogens (tertiary/aromatic N) is 1. The van der Waals surface area contributed by atoms with Crippen molar-refractivity contribution in [3.05, 3.63) is 46.5 Å². The lowest BCUT2D eigenvalue weighted by molar-refractivity contribution is 0.0503. The summed E-state index contributed by atoms with van der Waals surface area (Å²) < 4.78 is 0. The average molecular weight is 314 g/mol. The quantitative estimate of drug-likeness (QED) is 0.731. The highest BCUT2D eigenvalue weighted by Crippen LogP contribution is 2.36. The van der Waals surface area contributed by atoms with Gasteiger partial charge in [0, 0.05) is 33.0 Å². The third-order valence-electron chi connectivity index (χ3n) is 4.83. The Morgan fingerprint density at radius 1 is 0.909 bits per heavy atom. The Kier molecular flexibility index (Phi) is 3.19. The third-order valence-corrected chi connectivity index (χ3v) is 5.16. The van der Waals surface area contributed by atoms with E-state index in [9.17, 15) is 9.59 Å². The molecular weight excluding hydrogens is 298 g/mol. The molecule has 2 aromatic carbocycles. The Morgan fingerprint density at radius 3 is 2.32 bits per heavy atom. The van der Waals surface area contributed by atoms with Gasteiger partial charge in [-0.3, -0.25) is 14.5 Å². The molecular formula is C18H16ClNO2. The summed E-state index contributed by atoms with van der Waals surface area (Å²) in [5.41, 5.74) is 1.19. The van der Waals surface area contributed by atoms with E-state index in [2.05, 4.69) is 0 Å². The van der Waals surface area contributed by atoms with Gasteiger partial charge in [-0.25, -0.2) is 0 Å².